The average Bonchev–Trinajstić information content (AvgIpc) is 2.42. The van der Waals surface area contributed by atoms with E-state index in [9.17, 15) is 0 Å². The second-order valence-corrected chi connectivity index (χ2v) is 3.92. The SMILES string of the molecule is CC(Nc1ncc(C#N)cc1N)c1ccncc1. The third kappa shape index (κ3) is 2.55. The van der Waals surface area contributed by atoms with Crippen molar-refractivity contribution >= 4 is 11.5 Å². The van der Waals surface area contributed by atoms with Crippen LogP contribution < -0.4 is 11.1 Å². The molecule has 0 fully saturated rings. The minimum Gasteiger partial charge on any atom is -0.396 e. The standard InChI is InChI=1S/C13H13N5/c1-9(11-2-4-16-5-3-11)18-13-12(15)6-10(7-14)8-17-13/h2-6,8-9H,15H2,1H3,(H,17,18). The summed E-state index contributed by atoms with van der Waals surface area (Å²) in [4.78, 5) is 8.11. The molecule has 3 N–H and O–H groups in total. The van der Waals surface area contributed by atoms with Crippen LogP contribution in [0.3, 0.4) is 0 Å². The van der Waals surface area contributed by atoms with Gasteiger partial charge in [0.2, 0.25) is 0 Å². The van der Waals surface area contributed by atoms with Crippen LogP contribution in [-0.2, 0) is 0 Å². The Morgan fingerprint density at radius 3 is 2.72 bits per heavy atom. The van der Waals surface area contributed by atoms with Crippen molar-refractivity contribution in [2.45, 2.75) is 13.0 Å². The van der Waals surface area contributed by atoms with Gasteiger partial charge in [-0.1, -0.05) is 0 Å². The maximum Gasteiger partial charge on any atom is 0.149 e. The third-order valence-electron chi connectivity index (χ3n) is 2.61. The second-order valence-electron chi connectivity index (χ2n) is 3.92. The first-order valence-electron chi connectivity index (χ1n) is 5.53. The zero-order valence-corrected chi connectivity index (χ0v) is 9.96. The zero-order chi connectivity index (χ0) is 13.0. The molecule has 0 saturated carbocycles. The number of aromatic nitrogens is 2. The molecule has 0 aliphatic carbocycles. The molecule has 1 unspecified atom stereocenters. The predicted molar refractivity (Wildman–Crippen MR) is 69.6 cm³/mol. The van der Waals surface area contributed by atoms with Gasteiger partial charge in [-0.05, 0) is 30.7 Å². The minimum atomic E-state index is 0.0655. The number of rotatable bonds is 3. The molecular weight excluding hydrogens is 226 g/mol. The lowest BCUT2D eigenvalue weighted by Gasteiger charge is -2.16. The molecule has 0 aliphatic rings. The van der Waals surface area contributed by atoms with E-state index in [1.807, 2.05) is 25.1 Å². The predicted octanol–water partition coefficient (Wildman–Crippen LogP) is 2.10. The number of nitriles is 1. The Balaban J connectivity index is 2.18. The highest BCUT2D eigenvalue weighted by Crippen LogP contribution is 2.22. The van der Waals surface area contributed by atoms with Gasteiger partial charge in [0.25, 0.3) is 0 Å². The van der Waals surface area contributed by atoms with Gasteiger partial charge in [0, 0.05) is 18.6 Å². The van der Waals surface area contributed by atoms with Crippen LogP contribution >= 0.6 is 0 Å². The van der Waals surface area contributed by atoms with E-state index in [1.165, 1.54) is 6.20 Å². The van der Waals surface area contributed by atoms with Gasteiger partial charge in [-0.2, -0.15) is 5.26 Å². The molecule has 0 spiro atoms. The summed E-state index contributed by atoms with van der Waals surface area (Å²) in [5.41, 5.74) is 7.85. The maximum atomic E-state index is 8.74. The topological polar surface area (TPSA) is 87.6 Å². The third-order valence-corrected chi connectivity index (χ3v) is 2.61. The molecule has 90 valence electrons. The van der Waals surface area contributed by atoms with Crippen molar-refractivity contribution in [3.63, 3.8) is 0 Å². The molecule has 0 radical (unpaired) electrons. The fourth-order valence-corrected chi connectivity index (χ4v) is 1.60. The van der Waals surface area contributed by atoms with Crippen molar-refractivity contribution in [2.24, 2.45) is 0 Å². The molecule has 2 heterocycles. The first-order valence-corrected chi connectivity index (χ1v) is 5.53. The highest BCUT2D eigenvalue weighted by molar-refractivity contribution is 5.63. The molecule has 1 atom stereocenters. The van der Waals surface area contributed by atoms with Crippen LogP contribution in [0.4, 0.5) is 11.5 Å². The molecule has 2 aromatic rings. The van der Waals surface area contributed by atoms with Crippen LogP contribution in [0, 0.1) is 11.3 Å². The molecule has 18 heavy (non-hydrogen) atoms. The molecule has 5 nitrogen and oxygen atoms in total. The lowest BCUT2D eigenvalue weighted by molar-refractivity contribution is 0.872. The number of hydrogen-bond donors (Lipinski definition) is 2. The Kier molecular flexibility index (Phi) is 3.39. The number of anilines is 2. The fraction of sp³-hybridized carbons (Fsp3) is 0.154. The summed E-state index contributed by atoms with van der Waals surface area (Å²) >= 11 is 0. The van der Waals surface area contributed by atoms with Crippen molar-refractivity contribution < 1.29 is 0 Å². The summed E-state index contributed by atoms with van der Waals surface area (Å²) in [6.45, 7) is 2.01. The second kappa shape index (κ2) is 5.15. The summed E-state index contributed by atoms with van der Waals surface area (Å²) in [6, 6.07) is 7.53. The van der Waals surface area contributed by atoms with E-state index in [-0.39, 0.29) is 6.04 Å². The molecule has 0 amide bonds. The van der Waals surface area contributed by atoms with Crippen molar-refractivity contribution in [1.29, 1.82) is 5.26 Å². The summed E-state index contributed by atoms with van der Waals surface area (Å²) < 4.78 is 0. The average molecular weight is 239 g/mol. The smallest absolute Gasteiger partial charge is 0.149 e. The number of nitrogens with two attached hydrogens (primary N) is 1. The fourth-order valence-electron chi connectivity index (χ4n) is 1.60. The van der Waals surface area contributed by atoms with Gasteiger partial charge in [-0.15, -0.1) is 0 Å². The number of nitrogen functional groups attached to an aromatic ring is 1. The van der Waals surface area contributed by atoms with Crippen LogP contribution in [0.15, 0.2) is 36.8 Å². The number of hydrogen-bond acceptors (Lipinski definition) is 5. The monoisotopic (exact) mass is 239 g/mol. The Morgan fingerprint density at radius 1 is 1.39 bits per heavy atom. The molecular formula is C13H13N5. The first-order chi connectivity index (χ1) is 8.70. The quantitative estimate of drug-likeness (QED) is 0.856. The van der Waals surface area contributed by atoms with Gasteiger partial charge >= 0.3 is 0 Å². The van der Waals surface area contributed by atoms with Gasteiger partial charge in [0.15, 0.2) is 0 Å². The van der Waals surface area contributed by atoms with E-state index in [0.717, 1.165) is 5.56 Å². The van der Waals surface area contributed by atoms with E-state index in [0.29, 0.717) is 17.1 Å². The Morgan fingerprint density at radius 2 is 2.11 bits per heavy atom. The zero-order valence-electron chi connectivity index (χ0n) is 9.96. The molecule has 0 aromatic carbocycles. The van der Waals surface area contributed by atoms with Crippen molar-refractivity contribution in [1.82, 2.24) is 9.97 Å². The van der Waals surface area contributed by atoms with E-state index in [1.54, 1.807) is 18.5 Å². The van der Waals surface area contributed by atoms with Crippen LogP contribution in [0.1, 0.15) is 24.1 Å². The number of pyridine rings is 2. The highest BCUT2D eigenvalue weighted by atomic mass is 15.0. The Labute approximate surface area is 105 Å². The largest absolute Gasteiger partial charge is 0.396 e. The van der Waals surface area contributed by atoms with Gasteiger partial charge < -0.3 is 11.1 Å². The molecule has 2 aromatic heterocycles. The van der Waals surface area contributed by atoms with Gasteiger partial charge in [0.05, 0.1) is 17.3 Å². The Bertz CT molecular complexity index is 574. The van der Waals surface area contributed by atoms with Crippen LogP contribution in [0.5, 0.6) is 0 Å². The van der Waals surface area contributed by atoms with Crippen LogP contribution in [-0.4, -0.2) is 9.97 Å². The lowest BCUT2D eigenvalue weighted by Crippen LogP contribution is -2.10. The lowest BCUT2D eigenvalue weighted by atomic mass is 10.1. The van der Waals surface area contributed by atoms with Gasteiger partial charge in [-0.3, -0.25) is 4.98 Å². The summed E-state index contributed by atoms with van der Waals surface area (Å²) in [5.74, 6) is 0.582. The van der Waals surface area contributed by atoms with Crippen molar-refractivity contribution in [2.75, 3.05) is 11.1 Å². The van der Waals surface area contributed by atoms with E-state index in [4.69, 9.17) is 11.0 Å². The van der Waals surface area contributed by atoms with Crippen LogP contribution in [0.25, 0.3) is 0 Å². The number of nitrogens with zero attached hydrogens (tertiary/aromatic N) is 3. The van der Waals surface area contributed by atoms with Crippen molar-refractivity contribution in [3.8, 4) is 6.07 Å². The Hall–Kier alpha value is -2.61. The van der Waals surface area contributed by atoms with Gasteiger partial charge in [0.1, 0.15) is 11.9 Å². The molecule has 0 bridgehead atoms. The minimum absolute atomic E-state index is 0.0655. The van der Waals surface area contributed by atoms with E-state index in [2.05, 4.69) is 15.3 Å². The molecule has 2 rings (SSSR count). The highest BCUT2D eigenvalue weighted by Gasteiger charge is 2.08. The summed E-state index contributed by atoms with van der Waals surface area (Å²) in [5, 5.41) is 11.9. The molecule has 0 aliphatic heterocycles. The maximum absolute atomic E-state index is 8.74. The molecule has 0 saturated heterocycles. The summed E-state index contributed by atoms with van der Waals surface area (Å²) in [7, 11) is 0. The summed E-state index contributed by atoms with van der Waals surface area (Å²) in [6.07, 6.45) is 4.98. The number of nitrogens with one attached hydrogen (secondary N) is 1. The van der Waals surface area contributed by atoms with Crippen LogP contribution in [0.2, 0.25) is 0 Å². The van der Waals surface area contributed by atoms with E-state index >= 15 is 0 Å². The van der Waals surface area contributed by atoms with Gasteiger partial charge in [-0.25, -0.2) is 4.98 Å². The molecule has 5 heteroatoms. The van der Waals surface area contributed by atoms with Crippen molar-refractivity contribution in [3.05, 3.63) is 47.9 Å². The van der Waals surface area contributed by atoms with E-state index < -0.39 is 0 Å². The normalized spacial score (nSPS) is 11.6. The first kappa shape index (κ1) is 11.9.